The number of rotatable bonds is 5. The van der Waals surface area contributed by atoms with Gasteiger partial charge in [0.2, 0.25) is 9.84 Å². The van der Waals surface area contributed by atoms with E-state index < -0.39 is 26.4 Å². The normalized spacial score (nSPS) is 12.2. The number of hydrogen-bond donors (Lipinski definition) is 1. The van der Waals surface area contributed by atoms with Crippen molar-refractivity contribution in [1.82, 2.24) is 14.8 Å². The minimum Gasteiger partial charge on any atom is -0.306 e. The number of benzene rings is 1. The molecule has 0 spiro atoms. The second-order valence-corrected chi connectivity index (χ2v) is 9.47. The summed E-state index contributed by atoms with van der Waals surface area (Å²) in [5, 5.41) is 7.26. The molecule has 0 bridgehead atoms. The van der Waals surface area contributed by atoms with Gasteiger partial charge in [-0.1, -0.05) is 26.8 Å². The van der Waals surface area contributed by atoms with Gasteiger partial charge < -0.3 is 5.32 Å². The van der Waals surface area contributed by atoms with Crippen molar-refractivity contribution in [2.24, 2.45) is 0 Å². The minimum atomic E-state index is -4.72. The summed E-state index contributed by atoms with van der Waals surface area (Å²) in [5.74, 6) is -3.20. The van der Waals surface area contributed by atoms with Gasteiger partial charge in [-0.3, -0.25) is 4.79 Å². The number of nitrogens with one attached hydrogen (secondary N) is 1. The van der Waals surface area contributed by atoms with E-state index in [2.05, 4.69) is 15.4 Å². The van der Waals surface area contributed by atoms with Crippen LogP contribution in [0.25, 0.3) is 5.82 Å². The fourth-order valence-corrected chi connectivity index (χ4v) is 3.30. The predicted molar refractivity (Wildman–Crippen MR) is 108 cm³/mol. The largest absolute Gasteiger partial charge is 0.341 e. The molecule has 158 valence electrons. The maximum absolute atomic E-state index is 12.7. The first-order valence-corrected chi connectivity index (χ1v) is 10.5. The Kier molecular flexibility index (Phi) is 5.71. The lowest BCUT2D eigenvalue weighted by molar-refractivity contribution is 0.102. The van der Waals surface area contributed by atoms with Crippen LogP contribution in [0.2, 0.25) is 0 Å². The number of hydrogen-bond acceptors (Lipinski definition) is 5. The number of sulfone groups is 1. The summed E-state index contributed by atoms with van der Waals surface area (Å²) in [6.07, 6.45) is 1.60. The molecule has 0 atom stereocenters. The van der Waals surface area contributed by atoms with Gasteiger partial charge in [0.1, 0.15) is 5.82 Å². The zero-order valence-corrected chi connectivity index (χ0v) is 17.3. The maximum Gasteiger partial charge on any atom is 0.341 e. The van der Waals surface area contributed by atoms with E-state index in [1.165, 1.54) is 16.8 Å². The van der Waals surface area contributed by atoms with Crippen LogP contribution in [0.3, 0.4) is 0 Å². The molecule has 3 rings (SSSR count). The number of pyridine rings is 1. The van der Waals surface area contributed by atoms with Gasteiger partial charge in [-0.05, 0) is 36.4 Å². The number of anilines is 1. The molecule has 0 aliphatic heterocycles. The second-order valence-electron chi connectivity index (χ2n) is 7.55. The molecule has 0 saturated heterocycles. The van der Waals surface area contributed by atoms with Crippen LogP contribution in [0.4, 0.5) is 14.6 Å². The zero-order valence-electron chi connectivity index (χ0n) is 16.5. The third kappa shape index (κ3) is 4.38. The van der Waals surface area contributed by atoms with Crippen molar-refractivity contribution >= 4 is 21.6 Å². The van der Waals surface area contributed by atoms with Gasteiger partial charge in [0, 0.05) is 23.2 Å². The molecule has 0 saturated carbocycles. The van der Waals surface area contributed by atoms with Crippen molar-refractivity contribution in [3.8, 4) is 5.82 Å². The number of amides is 1. The topological polar surface area (TPSA) is 94.0 Å². The highest BCUT2D eigenvalue weighted by molar-refractivity contribution is 7.91. The molecule has 1 amide bonds. The number of nitrogens with zero attached hydrogens (tertiary/aromatic N) is 3. The Labute approximate surface area is 172 Å². The highest BCUT2D eigenvalue weighted by Crippen LogP contribution is 2.26. The van der Waals surface area contributed by atoms with E-state index in [0.29, 0.717) is 11.6 Å². The summed E-state index contributed by atoms with van der Waals surface area (Å²) in [6, 6.07) is 11.3. The summed E-state index contributed by atoms with van der Waals surface area (Å²) in [4.78, 5) is 16.4. The monoisotopic (exact) mass is 434 g/mol. The first-order valence-electron chi connectivity index (χ1n) is 8.95. The average Bonchev–Trinajstić information content (AvgIpc) is 3.13. The summed E-state index contributed by atoms with van der Waals surface area (Å²) >= 11 is 0. The molecule has 0 aliphatic rings. The van der Waals surface area contributed by atoms with Crippen LogP contribution in [0.5, 0.6) is 0 Å². The Morgan fingerprint density at radius 1 is 1.10 bits per heavy atom. The van der Waals surface area contributed by atoms with Crippen LogP contribution in [-0.2, 0) is 15.3 Å². The first kappa shape index (κ1) is 21.6. The van der Waals surface area contributed by atoms with Gasteiger partial charge in [-0.15, -0.1) is 0 Å². The van der Waals surface area contributed by atoms with Gasteiger partial charge in [0.25, 0.3) is 5.91 Å². The van der Waals surface area contributed by atoms with Gasteiger partial charge in [0.05, 0.1) is 10.6 Å². The van der Waals surface area contributed by atoms with Crippen molar-refractivity contribution < 1.29 is 22.0 Å². The average molecular weight is 434 g/mol. The first-order chi connectivity index (χ1) is 14.0. The van der Waals surface area contributed by atoms with Crippen molar-refractivity contribution in [2.75, 3.05) is 5.32 Å². The van der Waals surface area contributed by atoms with Crippen LogP contribution in [0.1, 0.15) is 36.8 Å². The third-order valence-electron chi connectivity index (χ3n) is 4.27. The van der Waals surface area contributed by atoms with Crippen LogP contribution >= 0.6 is 0 Å². The van der Waals surface area contributed by atoms with E-state index in [4.69, 9.17) is 0 Å². The summed E-state index contributed by atoms with van der Waals surface area (Å²) in [7, 11) is -4.72. The van der Waals surface area contributed by atoms with Gasteiger partial charge in [-0.2, -0.15) is 18.6 Å². The van der Waals surface area contributed by atoms with Crippen LogP contribution in [0.15, 0.2) is 59.6 Å². The van der Waals surface area contributed by atoms with Crippen LogP contribution in [-0.4, -0.2) is 34.8 Å². The SMILES string of the molecule is CC(C)(C)c1cc(NC(=O)c2ccc(S(=O)(=O)C(F)F)cc2)n(-c2ccccn2)n1. The third-order valence-corrected chi connectivity index (χ3v) is 5.66. The van der Waals surface area contributed by atoms with Crippen LogP contribution in [0, 0.1) is 0 Å². The van der Waals surface area contributed by atoms with E-state index in [0.717, 1.165) is 17.8 Å². The molecule has 0 radical (unpaired) electrons. The Morgan fingerprint density at radius 2 is 1.77 bits per heavy atom. The lowest BCUT2D eigenvalue weighted by Crippen LogP contribution is -2.16. The number of carbonyl (C=O) groups is 1. The fraction of sp³-hybridized carbons (Fsp3) is 0.250. The number of alkyl halides is 2. The van der Waals surface area contributed by atoms with Crippen molar-refractivity contribution in [3.63, 3.8) is 0 Å². The highest BCUT2D eigenvalue weighted by Gasteiger charge is 2.27. The molecule has 0 fully saturated rings. The molecule has 1 N–H and O–H groups in total. The van der Waals surface area contributed by atoms with Gasteiger partial charge in [-0.25, -0.2) is 13.4 Å². The Morgan fingerprint density at radius 3 is 2.30 bits per heavy atom. The molecule has 2 heterocycles. The molecule has 7 nitrogen and oxygen atoms in total. The number of halogens is 2. The molecular weight excluding hydrogens is 414 g/mol. The van der Waals surface area contributed by atoms with Gasteiger partial charge in [0.15, 0.2) is 5.82 Å². The Balaban J connectivity index is 1.92. The number of carbonyl (C=O) groups excluding carboxylic acids is 1. The van der Waals surface area contributed by atoms with E-state index in [-0.39, 0.29) is 11.0 Å². The molecule has 0 aliphatic carbocycles. The van der Waals surface area contributed by atoms with E-state index in [1.807, 2.05) is 20.8 Å². The Bertz CT molecular complexity index is 1150. The van der Waals surface area contributed by atoms with Crippen LogP contribution < -0.4 is 5.32 Å². The lowest BCUT2D eigenvalue weighted by Gasteiger charge is -2.13. The zero-order chi connectivity index (χ0) is 22.1. The van der Waals surface area contributed by atoms with E-state index >= 15 is 0 Å². The van der Waals surface area contributed by atoms with Crippen molar-refractivity contribution in [1.29, 1.82) is 0 Å². The standard InChI is InChI=1S/C20H20F2N4O3S/c1-20(2,3)15-12-17(26(25-15)16-6-4-5-11-23-16)24-18(27)13-7-9-14(10-8-13)30(28,29)19(21)22/h4-12,19H,1-3H3,(H,24,27). The van der Waals surface area contributed by atoms with E-state index in [9.17, 15) is 22.0 Å². The maximum atomic E-state index is 12.7. The fourth-order valence-electron chi connectivity index (χ4n) is 2.58. The summed E-state index contributed by atoms with van der Waals surface area (Å²) < 4.78 is 49.9. The summed E-state index contributed by atoms with van der Waals surface area (Å²) in [5.41, 5.74) is 0.543. The molecule has 3 aromatic rings. The quantitative estimate of drug-likeness (QED) is 0.659. The number of aromatic nitrogens is 3. The van der Waals surface area contributed by atoms with Gasteiger partial charge >= 0.3 is 5.76 Å². The lowest BCUT2D eigenvalue weighted by atomic mass is 9.92. The van der Waals surface area contributed by atoms with Crippen molar-refractivity contribution in [3.05, 3.63) is 66.0 Å². The predicted octanol–water partition coefficient (Wildman–Crippen LogP) is 3.81. The molecular formula is C20H20F2N4O3S. The van der Waals surface area contributed by atoms with Crippen molar-refractivity contribution in [2.45, 2.75) is 36.8 Å². The van der Waals surface area contributed by atoms with E-state index in [1.54, 1.807) is 30.5 Å². The molecule has 1 aromatic carbocycles. The Hall–Kier alpha value is -3.14. The summed E-state index contributed by atoms with van der Waals surface area (Å²) in [6.45, 7) is 5.93. The molecule has 10 heteroatoms. The minimum absolute atomic E-state index is 0.106. The molecule has 0 unspecified atom stereocenters. The highest BCUT2D eigenvalue weighted by atomic mass is 32.2. The molecule has 2 aromatic heterocycles. The smallest absolute Gasteiger partial charge is 0.306 e. The second kappa shape index (κ2) is 7.94. The molecule has 30 heavy (non-hydrogen) atoms.